The lowest BCUT2D eigenvalue weighted by atomic mass is 9.91. The number of nitriles is 1. The second-order valence-electron chi connectivity index (χ2n) is 5.43. The Hall–Kier alpha value is -2.87. The third-order valence-electron chi connectivity index (χ3n) is 3.92. The van der Waals surface area contributed by atoms with Gasteiger partial charge in [0, 0.05) is 23.4 Å². The molecule has 2 aromatic rings. The van der Waals surface area contributed by atoms with Crippen LogP contribution in [-0.4, -0.2) is 16.9 Å². The lowest BCUT2D eigenvalue weighted by Crippen LogP contribution is -2.39. The second kappa shape index (κ2) is 5.86. The zero-order valence-electron chi connectivity index (χ0n) is 11.9. The summed E-state index contributed by atoms with van der Waals surface area (Å²) in [4.78, 5) is 26.4. The lowest BCUT2D eigenvalue weighted by Gasteiger charge is -2.25. The molecule has 1 amide bonds. The van der Waals surface area contributed by atoms with Gasteiger partial charge in [-0.3, -0.25) is 9.59 Å². The van der Waals surface area contributed by atoms with Gasteiger partial charge in [0.15, 0.2) is 0 Å². The predicted molar refractivity (Wildman–Crippen MR) is 81.5 cm³/mol. The summed E-state index contributed by atoms with van der Waals surface area (Å²) in [6.07, 6.45) is 2.27. The highest BCUT2D eigenvalue weighted by Gasteiger charge is 2.21. The van der Waals surface area contributed by atoms with E-state index in [1.807, 2.05) is 12.1 Å². The molecule has 1 aliphatic rings. The van der Waals surface area contributed by atoms with Gasteiger partial charge in [0.1, 0.15) is 0 Å². The Morgan fingerprint density at radius 1 is 1.23 bits per heavy atom. The number of aromatic nitrogens is 1. The van der Waals surface area contributed by atoms with Crippen LogP contribution in [0.1, 0.15) is 33.6 Å². The van der Waals surface area contributed by atoms with Gasteiger partial charge in [-0.25, -0.2) is 0 Å². The van der Waals surface area contributed by atoms with Crippen molar-refractivity contribution in [3.8, 4) is 6.07 Å². The van der Waals surface area contributed by atoms with Crippen LogP contribution < -0.4 is 10.9 Å². The number of hydrogen-bond donors (Lipinski definition) is 2. The molecule has 5 nitrogen and oxygen atoms in total. The highest BCUT2D eigenvalue weighted by Crippen LogP contribution is 2.18. The molecule has 0 spiro atoms. The molecule has 0 radical (unpaired) electrons. The third kappa shape index (κ3) is 2.91. The number of aromatic amines is 1. The number of benzene rings is 1. The molecule has 3 rings (SSSR count). The first-order chi connectivity index (χ1) is 10.7. The number of rotatable bonds is 2. The Bertz CT molecular complexity index is 800. The Labute approximate surface area is 127 Å². The van der Waals surface area contributed by atoms with Gasteiger partial charge in [0.25, 0.3) is 5.91 Å². The fraction of sp³-hybridized carbons (Fsp3) is 0.235. The number of fused-ring (bicyclic) bond motifs is 1. The van der Waals surface area contributed by atoms with E-state index in [0.29, 0.717) is 17.5 Å². The van der Waals surface area contributed by atoms with E-state index in [0.717, 1.165) is 24.1 Å². The summed E-state index contributed by atoms with van der Waals surface area (Å²) < 4.78 is 0. The van der Waals surface area contributed by atoms with E-state index >= 15 is 0 Å². The van der Waals surface area contributed by atoms with E-state index in [4.69, 9.17) is 5.26 Å². The van der Waals surface area contributed by atoms with Gasteiger partial charge in [-0.15, -0.1) is 0 Å². The van der Waals surface area contributed by atoms with Crippen LogP contribution in [0, 0.1) is 11.3 Å². The molecule has 1 aliphatic carbocycles. The molecule has 0 saturated carbocycles. The molecule has 1 aromatic heterocycles. The maximum atomic E-state index is 12.2. The van der Waals surface area contributed by atoms with Gasteiger partial charge in [-0.1, -0.05) is 6.07 Å². The van der Waals surface area contributed by atoms with E-state index in [2.05, 4.69) is 10.3 Å². The van der Waals surface area contributed by atoms with E-state index < -0.39 is 0 Å². The zero-order chi connectivity index (χ0) is 15.5. The Morgan fingerprint density at radius 2 is 2.00 bits per heavy atom. The van der Waals surface area contributed by atoms with Crippen molar-refractivity contribution in [2.24, 2.45) is 0 Å². The van der Waals surface area contributed by atoms with E-state index in [-0.39, 0.29) is 17.5 Å². The normalized spacial score (nSPS) is 16.4. The van der Waals surface area contributed by atoms with E-state index in [1.165, 1.54) is 6.07 Å². The molecule has 0 bridgehead atoms. The van der Waals surface area contributed by atoms with Crippen molar-refractivity contribution in [3.05, 3.63) is 69.1 Å². The number of amides is 1. The summed E-state index contributed by atoms with van der Waals surface area (Å²) in [5, 5.41) is 11.8. The molecule has 110 valence electrons. The van der Waals surface area contributed by atoms with Gasteiger partial charge < -0.3 is 10.3 Å². The number of aryl methyl sites for hydroxylation is 1. The Kier molecular flexibility index (Phi) is 3.75. The Balaban J connectivity index is 1.69. The van der Waals surface area contributed by atoms with Crippen LogP contribution >= 0.6 is 0 Å². The number of carbonyl (C=O) groups is 1. The molecule has 0 saturated heterocycles. The van der Waals surface area contributed by atoms with Crippen LogP contribution in [0.4, 0.5) is 0 Å². The minimum absolute atomic E-state index is 0.0570. The summed E-state index contributed by atoms with van der Waals surface area (Å²) in [6, 6.07) is 12.0. The minimum Gasteiger partial charge on any atom is -0.349 e. The number of nitrogens with one attached hydrogen (secondary N) is 2. The molecule has 0 fully saturated rings. The highest BCUT2D eigenvalue weighted by atomic mass is 16.1. The van der Waals surface area contributed by atoms with Crippen molar-refractivity contribution in [3.63, 3.8) is 0 Å². The SMILES string of the molecule is N#Cc1ccc(C(=O)N[C@@H]2CCc3[nH]c(=O)ccc3C2)cc1. The molecule has 2 N–H and O–H groups in total. The van der Waals surface area contributed by atoms with Crippen LogP contribution in [-0.2, 0) is 12.8 Å². The number of carbonyl (C=O) groups excluding carboxylic acids is 1. The number of H-pyrrole nitrogens is 1. The van der Waals surface area contributed by atoms with Crippen LogP contribution in [0.2, 0.25) is 0 Å². The molecule has 22 heavy (non-hydrogen) atoms. The van der Waals surface area contributed by atoms with Crippen LogP contribution in [0.25, 0.3) is 0 Å². The van der Waals surface area contributed by atoms with Crippen molar-refractivity contribution in [2.45, 2.75) is 25.3 Å². The quantitative estimate of drug-likeness (QED) is 0.880. The first-order valence-corrected chi connectivity index (χ1v) is 7.18. The maximum Gasteiger partial charge on any atom is 0.251 e. The summed E-state index contributed by atoms with van der Waals surface area (Å²) in [5.74, 6) is -0.137. The summed E-state index contributed by atoms with van der Waals surface area (Å²) >= 11 is 0. The van der Waals surface area contributed by atoms with Crippen LogP contribution in [0.15, 0.2) is 41.2 Å². The smallest absolute Gasteiger partial charge is 0.251 e. The molecule has 0 aliphatic heterocycles. The molecule has 5 heteroatoms. The van der Waals surface area contributed by atoms with Crippen molar-refractivity contribution in [2.75, 3.05) is 0 Å². The molecule has 1 heterocycles. The highest BCUT2D eigenvalue weighted by molar-refractivity contribution is 5.94. The van der Waals surface area contributed by atoms with Crippen molar-refractivity contribution in [1.82, 2.24) is 10.3 Å². The van der Waals surface area contributed by atoms with Gasteiger partial charge >= 0.3 is 0 Å². The molecule has 1 aromatic carbocycles. The van der Waals surface area contributed by atoms with Crippen LogP contribution in [0.5, 0.6) is 0 Å². The molecule has 0 unspecified atom stereocenters. The Morgan fingerprint density at radius 3 is 2.73 bits per heavy atom. The first kappa shape index (κ1) is 14.1. The second-order valence-corrected chi connectivity index (χ2v) is 5.43. The summed E-state index contributed by atoms with van der Waals surface area (Å²) in [7, 11) is 0. The van der Waals surface area contributed by atoms with Gasteiger partial charge in [0.2, 0.25) is 5.56 Å². The van der Waals surface area contributed by atoms with Crippen LogP contribution in [0.3, 0.4) is 0 Å². The minimum atomic E-state index is -0.137. The van der Waals surface area contributed by atoms with Gasteiger partial charge in [0.05, 0.1) is 11.6 Å². The number of nitrogens with zero attached hydrogens (tertiary/aromatic N) is 1. The summed E-state index contributed by atoms with van der Waals surface area (Å²) in [5.41, 5.74) is 3.05. The average molecular weight is 293 g/mol. The standard InChI is InChI=1S/C17H15N3O2/c18-10-11-1-3-12(4-2-11)17(22)19-14-6-7-15-13(9-14)5-8-16(21)20-15/h1-5,8,14H,6-7,9H2,(H,19,22)(H,20,21)/t14-/m1/s1. The van der Waals surface area contributed by atoms with Crippen molar-refractivity contribution >= 4 is 5.91 Å². The third-order valence-corrected chi connectivity index (χ3v) is 3.92. The lowest BCUT2D eigenvalue weighted by molar-refractivity contribution is 0.0933. The predicted octanol–water partition coefficient (Wildman–Crippen LogP) is 1.53. The zero-order valence-corrected chi connectivity index (χ0v) is 11.9. The molecular formula is C17H15N3O2. The van der Waals surface area contributed by atoms with E-state index in [1.54, 1.807) is 24.3 Å². The largest absolute Gasteiger partial charge is 0.349 e. The summed E-state index contributed by atoms with van der Waals surface area (Å²) in [6.45, 7) is 0. The fourth-order valence-electron chi connectivity index (χ4n) is 2.74. The van der Waals surface area contributed by atoms with Crippen molar-refractivity contribution < 1.29 is 4.79 Å². The van der Waals surface area contributed by atoms with Crippen molar-refractivity contribution in [1.29, 1.82) is 5.26 Å². The number of hydrogen-bond acceptors (Lipinski definition) is 3. The maximum absolute atomic E-state index is 12.2. The topological polar surface area (TPSA) is 85.8 Å². The molecule has 1 atom stereocenters. The number of pyridine rings is 1. The van der Waals surface area contributed by atoms with E-state index in [9.17, 15) is 9.59 Å². The fourth-order valence-corrected chi connectivity index (χ4v) is 2.74. The van der Waals surface area contributed by atoms with Gasteiger partial charge in [-0.05, 0) is 49.1 Å². The monoisotopic (exact) mass is 293 g/mol. The first-order valence-electron chi connectivity index (χ1n) is 7.18. The average Bonchev–Trinajstić information content (AvgIpc) is 2.55. The van der Waals surface area contributed by atoms with Gasteiger partial charge in [-0.2, -0.15) is 5.26 Å². The molecular weight excluding hydrogens is 278 g/mol.